The standard InChI is InChI=1S/C24H23N9O3/c1-15-4-2-5-16(12-15)32-14-26-21-22(29-24(30-23(21)32)31-8-10-36-11-9-31)25-13-19-27-17-6-3-7-18(33(34)35)20(17)28-19/h2-7,12,14H,8-11,13H2,1H3,(H,27,28)(H,25,29,30). The highest BCUT2D eigenvalue weighted by molar-refractivity contribution is 5.86. The van der Waals surface area contributed by atoms with Gasteiger partial charge >= 0.3 is 0 Å². The van der Waals surface area contributed by atoms with Crippen LogP contribution >= 0.6 is 0 Å². The molecule has 36 heavy (non-hydrogen) atoms. The molecule has 6 rings (SSSR count). The van der Waals surface area contributed by atoms with Crippen molar-refractivity contribution in [3.63, 3.8) is 0 Å². The van der Waals surface area contributed by atoms with Gasteiger partial charge in [0.25, 0.3) is 5.69 Å². The lowest BCUT2D eigenvalue weighted by atomic mass is 10.2. The van der Waals surface area contributed by atoms with Crippen LogP contribution < -0.4 is 10.2 Å². The van der Waals surface area contributed by atoms with E-state index in [9.17, 15) is 10.1 Å². The number of aromatic amines is 1. The Morgan fingerprint density at radius 2 is 1.94 bits per heavy atom. The summed E-state index contributed by atoms with van der Waals surface area (Å²) in [6.45, 7) is 4.92. The average molecular weight is 486 g/mol. The number of morpholine rings is 1. The first kappa shape index (κ1) is 21.9. The van der Waals surface area contributed by atoms with Crippen LogP contribution in [0.3, 0.4) is 0 Å². The number of aromatic nitrogens is 6. The Hall–Kier alpha value is -4.58. The Bertz CT molecular complexity index is 1590. The maximum Gasteiger partial charge on any atom is 0.297 e. The molecule has 1 fully saturated rings. The predicted molar refractivity (Wildman–Crippen MR) is 135 cm³/mol. The molecule has 5 aromatic rings. The summed E-state index contributed by atoms with van der Waals surface area (Å²) in [7, 11) is 0. The van der Waals surface area contributed by atoms with Crippen molar-refractivity contribution >= 4 is 39.7 Å². The topological polar surface area (TPSA) is 140 Å². The number of para-hydroxylation sites is 1. The summed E-state index contributed by atoms with van der Waals surface area (Å²) >= 11 is 0. The SMILES string of the molecule is Cc1cccc(-n2cnc3c(NCc4nc5c([N+](=O)[O-])cccc5[nH]4)nc(N4CCOCC4)nc32)c1. The molecule has 0 aliphatic carbocycles. The molecule has 1 aliphatic heterocycles. The van der Waals surface area contributed by atoms with E-state index in [-0.39, 0.29) is 12.2 Å². The van der Waals surface area contributed by atoms with Crippen LogP contribution in [0.5, 0.6) is 0 Å². The fraction of sp³-hybridized carbons (Fsp3) is 0.250. The number of nitrogens with one attached hydrogen (secondary N) is 2. The Morgan fingerprint density at radius 1 is 1.11 bits per heavy atom. The number of ether oxygens (including phenoxy) is 1. The summed E-state index contributed by atoms with van der Waals surface area (Å²) in [5.41, 5.74) is 4.28. The van der Waals surface area contributed by atoms with Crippen LogP contribution in [0.1, 0.15) is 11.4 Å². The van der Waals surface area contributed by atoms with Gasteiger partial charge in [-0.2, -0.15) is 9.97 Å². The molecule has 0 unspecified atom stereocenters. The summed E-state index contributed by atoms with van der Waals surface area (Å²) < 4.78 is 7.45. The van der Waals surface area contributed by atoms with Gasteiger partial charge in [-0.3, -0.25) is 14.7 Å². The molecule has 2 aromatic carbocycles. The monoisotopic (exact) mass is 485 g/mol. The van der Waals surface area contributed by atoms with Gasteiger partial charge in [0.2, 0.25) is 5.95 Å². The lowest BCUT2D eigenvalue weighted by molar-refractivity contribution is -0.383. The van der Waals surface area contributed by atoms with Crippen molar-refractivity contribution in [1.82, 2.24) is 29.5 Å². The molecule has 12 nitrogen and oxygen atoms in total. The molecule has 1 saturated heterocycles. The molecule has 2 N–H and O–H groups in total. The van der Waals surface area contributed by atoms with Gasteiger partial charge in [0, 0.05) is 24.8 Å². The number of nitro benzene ring substituents is 1. The average Bonchev–Trinajstić information content (AvgIpc) is 3.51. The summed E-state index contributed by atoms with van der Waals surface area (Å²) in [5.74, 6) is 1.70. The van der Waals surface area contributed by atoms with Crippen LogP contribution in [0.15, 0.2) is 48.8 Å². The van der Waals surface area contributed by atoms with Gasteiger partial charge in [-0.25, -0.2) is 9.97 Å². The van der Waals surface area contributed by atoms with Crippen molar-refractivity contribution in [2.45, 2.75) is 13.5 Å². The largest absolute Gasteiger partial charge is 0.378 e. The third-order valence-corrected chi connectivity index (χ3v) is 6.12. The van der Waals surface area contributed by atoms with Crippen LogP contribution in [0.4, 0.5) is 17.5 Å². The van der Waals surface area contributed by atoms with Gasteiger partial charge < -0.3 is 19.9 Å². The summed E-state index contributed by atoms with van der Waals surface area (Å²) in [6.07, 6.45) is 1.74. The lowest BCUT2D eigenvalue weighted by Crippen LogP contribution is -2.37. The van der Waals surface area contributed by atoms with Crippen molar-refractivity contribution in [3.05, 3.63) is 70.3 Å². The highest BCUT2D eigenvalue weighted by atomic mass is 16.6. The Labute approximate surface area is 205 Å². The Kier molecular flexibility index (Phi) is 5.41. The summed E-state index contributed by atoms with van der Waals surface area (Å²) in [4.78, 5) is 34.9. The zero-order valence-corrected chi connectivity index (χ0v) is 19.5. The lowest BCUT2D eigenvalue weighted by Gasteiger charge is -2.27. The van der Waals surface area contributed by atoms with E-state index in [1.165, 1.54) is 6.07 Å². The molecule has 0 radical (unpaired) electrons. The van der Waals surface area contributed by atoms with E-state index in [1.807, 2.05) is 29.7 Å². The number of hydrogen-bond acceptors (Lipinski definition) is 9. The number of H-pyrrole nitrogens is 1. The first-order chi connectivity index (χ1) is 17.6. The van der Waals surface area contributed by atoms with Gasteiger partial charge in [-0.1, -0.05) is 18.2 Å². The predicted octanol–water partition coefficient (Wildman–Crippen LogP) is 3.36. The van der Waals surface area contributed by atoms with Crippen LogP contribution in [0, 0.1) is 17.0 Å². The Balaban J connectivity index is 1.39. The van der Waals surface area contributed by atoms with Crippen LogP contribution in [0.25, 0.3) is 27.9 Å². The molecule has 3 aromatic heterocycles. The van der Waals surface area contributed by atoms with Gasteiger partial charge in [0.15, 0.2) is 22.5 Å². The maximum absolute atomic E-state index is 11.4. The van der Waals surface area contributed by atoms with E-state index in [0.717, 1.165) is 11.3 Å². The number of fused-ring (bicyclic) bond motifs is 2. The van der Waals surface area contributed by atoms with Gasteiger partial charge in [-0.15, -0.1) is 0 Å². The second-order valence-corrected chi connectivity index (χ2v) is 8.56. The van der Waals surface area contributed by atoms with Crippen molar-refractivity contribution < 1.29 is 9.66 Å². The minimum absolute atomic E-state index is 0.0362. The number of hydrogen-bond donors (Lipinski definition) is 2. The van der Waals surface area contributed by atoms with E-state index in [0.29, 0.717) is 66.1 Å². The van der Waals surface area contributed by atoms with Crippen molar-refractivity contribution in [1.29, 1.82) is 0 Å². The smallest absolute Gasteiger partial charge is 0.297 e. The molecule has 0 spiro atoms. The number of nitrogens with zero attached hydrogens (tertiary/aromatic N) is 7. The van der Waals surface area contributed by atoms with Gasteiger partial charge in [-0.05, 0) is 30.7 Å². The first-order valence-electron chi connectivity index (χ1n) is 11.6. The van der Waals surface area contributed by atoms with Crippen LogP contribution in [-0.4, -0.2) is 60.7 Å². The molecule has 12 heteroatoms. The number of rotatable bonds is 6. The molecule has 182 valence electrons. The normalized spacial score (nSPS) is 14.0. The van der Waals surface area contributed by atoms with Crippen molar-refractivity contribution in [2.24, 2.45) is 0 Å². The number of non-ortho nitro benzene ring substituents is 1. The van der Waals surface area contributed by atoms with Crippen molar-refractivity contribution in [3.8, 4) is 5.69 Å². The number of imidazole rings is 2. The fourth-order valence-corrected chi connectivity index (χ4v) is 4.35. The van der Waals surface area contributed by atoms with E-state index >= 15 is 0 Å². The number of anilines is 2. The zero-order valence-electron chi connectivity index (χ0n) is 19.5. The summed E-state index contributed by atoms with van der Waals surface area (Å²) in [6, 6.07) is 13.0. The van der Waals surface area contributed by atoms with E-state index in [1.54, 1.807) is 18.5 Å². The second kappa shape index (κ2) is 8.89. The van der Waals surface area contributed by atoms with Gasteiger partial charge in [0.05, 0.1) is 30.2 Å². The van der Waals surface area contributed by atoms with Crippen molar-refractivity contribution in [2.75, 3.05) is 36.5 Å². The highest BCUT2D eigenvalue weighted by Crippen LogP contribution is 2.27. The molecule has 0 saturated carbocycles. The minimum Gasteiger partial charge on any atom is -0.378 e. The molecule has 0 amide bonds. The molecule has 1 aliphatic rings. The molecular formula is C24H23N9O3. The van der Waals surface area contributed by atoms with Gasteiger partial charge in [0.1, 0.15) is 12.2 Å². The quantitative estimate of drug-likeness (QED) is 0.274. The second-order valence-electron chi connectivity index (χ2n) is 8.56. The number of aryl methyl sites for hydroxylation is 1. The first-order valence-corrected chi connectivity index (χ1v) is 11.6. The molecule has 4 heterocycles. The molecular weight excluding hydrogens is 462 g/mol. The van der Waals surface area contributed by atoms with Crippen LogP contribution in [-0.2, 0) is 11.3 Å². The third kappa shape index (κ3) is 3.96. The van der Waals surface area contributed by atoms with E-state index in [2.05, 4.69) is 31.2 Å². The third-order valence-electron chi connectivity index (χ3n) is 6.12. The fourth-order valence-electron chi connectivity index (χ4n) is 4.35. The molecule has 0 atom stereocenters. The maximum atomic E-state index is 11.4. The minimum atomic E-state index is -0.430. The molecule has 0 bridgehead atoms. The zero-order chi connectivity index (χ0) is 24.6. The number of benzene rings is 2. The van der Waals surface area contributed by atoms with E-state index < -0.39 is 4.92 Å². The van der Waals surface area contributed by atoms with Crippen LogP contribution in [0.2, 0.25) is 0 Å². The number of nitro groups is 1. The highest BCUT2D eigenvalue weighted by Gasteiger charge is 2.21. The van der Waals surface area contributed by atoms with E-state index in [4.69, 9.17) is 14.7 Å². The Morgan fingerprint density at radius 3 is 2.75 bits per heavy atom. The summed E-state index contributed by atoms with van der Waals surface area (Å²) in [5, 5.41) is 14.7.